The summed E-state index contributed by atoms with van der Waals surface area (Å²) in [6.45, 7) is 0. The van der Waals surface area contributed by atoms with E-state index in [0.29, 0.717) is 0 Å². The Hall–Kier alpha value is -3.05. The van der Waals surface area contributed by atoms with Crippen LogP contribution in [0.1, 0.15) is 17.4 Å². The van der Waals surface area contributed by atoms with Crippen molar-refractivity contribution >= 4 is 39.5 Å². The summed E-state index contributed by atoms with van der Waals surface area (Å²) in [5, 5.41) is 0. The first-order valence-electron chi connectivity index (χ1n) is 9.03. The highest BCUT2D eigenvalue weighted by Crippen LogP contribution is 2.45. The van der Waals surface area contributed by atoms with E-state index >= 15 is 0 Å². The van der Waals surface area contributed by atoms with Gasteiger partial charge in [0.1, 0.15) is 0 Å². The zero-order valence-electron chi connectivity index (χ0n) is 15.2. The van der Waals surface area contributed by atoms with Crippen LogP contribution in [-0.2, 0) is 4.74 Å². The molecule has 5 rings (SSSR count). The molecule has 0 aromatic heterocycles. The third kappa shape index (κ3) is 2.54. The number of para-hydroxylation sites is 2. The number of hydrogen-bond donors (Lipinski definition) is 0. The van der Waals surface area contributed by atoms with E-state index in [-0.39, 0.29) is 0 Å². The molecule has 3 aromatic rings. The summed E-state index contributed by atoms with van der Waals surface area (Å²) in [5.41, 5.74) is 5.82. The number of carbonyl (C=O) groups is 1. The van der Waals surface area contributed by atoms with Gasteiger partial charge in [-0.15, -0.1) is 0 Å². The Morgan fingerprint density at radius 1 is 0.893 bits per heavy atom. The molecule has 5 heteroatoms. The van der Waals surface area contributed by atoms with Crippen molar-refractivity contribution in [2.45, 2.75) is 6.23 Å². The first-order chi connectivity index (χ1) is 13.6. The molecule has 138 valence electrons. The fraction of sp³-hybridized carbons (Fsp3) is 0.0870. The van der Waals surface area contributed by atoms with Crippen LogP contribution < -0.4 is 9.80 Å². The van der Waals surface area contributed by atoms with Gasteiger partial charge >= 0.3 is 6.09 Å². The Labute approximate surface area is 171 Å². The standard InChI is InChI=1S/C23H17BrN2O2/c1-25-20-11-4-2-7-16(20)17-8-3-5-12-21(17)26-14-13-15-18(9-6-10-19(15)24)22(26)28-23(25)27/h2-14,22H,1H3/t22-/m0/s1. The second-order valence-electron chi connectivity index (χ2n) is 6.80. The van der Waals surface area contributed by atoms with Crippen LogP contribution in [0.2, 0.25) is 0 Å². The number of benzene rings is 3. The maximum atomic E-state index is 13.0. The number of hydrogen-bond acceptors (Lipinski definition) is 3. The van der Waals surface area contributed by atoms with Crippen molar-refractivity contribution in [3.63, 3.8) is 0 Å². The number of amides is 1. The molecule has 3 aromatic carbocycles. The fourth-order valence-corrected chi connectivity index (χ4v) is 4.36. The van der Waals surface area contributed by atoms with Crippen LogP contribution in [0.25, 0.3) is 17.2 Å². The molecule has 28 heavy (non-hydrogen) atoms. The van der Waals surface area contributed by atoms with Crippen LogP contribution in [0.5, 0.6) is 0 Å². The molecule has 0 fully saturated rings. The molecule has 2 heterocycles. The molecule has 0 saturated carbocycles. The molecule has 0 saturated heterocycles. The lowest BCUT2D eigenvalue weighted by atomic mass is 9.98. The molecule has 0 N–H and O–H groups in total. The summed E-state index contributed by atoms with van der Waals surface area (Å²) in [5.74, 6) is 0. The van der Waals surface area contributed by atoms with Gasteiger partial charge in [-0.3, -0.25) is 4.90 Å². The van der Waals surface area contributed by atoms with Crippen molar-refractivity contribution in [2.75, 3.05) is 16.8 Å². The molecular formula is C23H17BrN2O2. The van der Waals surface area contributed by atoms with E-state index in [4.69, 9.17) is 4.74 Å². The van der Waals surface area contributed by atoms with Crippen molar-refractivity contribution in [1.82, 2.24) is 0 Å². The average molecular weight is 433 g/mol. The topological polar surface area (TPSA) is 32.8 Å². The lowest BCUT2D eigenvalue weighted by molar-refractivity contribution is 0.107. The van der Waals surface area contributed by atoms with Crippen molar-refractivity contribution in [2.24, 2.45) is 0 Å². The van der Waals surface area contributed by atoms with Crippen LogP contribution in [0.4, 0.5) is 16.2 Å². The van der Waals surface area contributed by atoms with Gasteiger partial charge in [0.05, 0.1) is 11.4 Å². The minimum atomic E-state index is -0.553. The van der Waals surface area contributed by atoms with E-state index in [2.05, 4.69) is 28.1 Å². The fourth-order valence-electron chi connectivity index (χ4n) is 3.85. The van der Waals surface area contributed by atoms with Crippen LogP contribution in [-0.4, -0.2) is 13.1 Å². The molecule has 2 aliphatic heterocycles. The first kappa shape index (κ1) is 17.1. The van der Waals surface area contributed by atoms with Gasteiger partial charge in [0.15, 0.2) is 0 Å². The Bertz CT molecular complexity index is 1130. The van der Waals surface area contributed by atoms with Gasteiger partial charge in [0.25, 0.3) is 0 Å². The van der Waals surface area contributed by atoms with Gasteiger partial charge < -0.3 is 9.64 Å². The summed E-state index contributed by atoms with van der Waals surface area (Å²) in [6, 6.07) is 22.0. The second-order valence-corrected chi connectivity index (χ2v) is 7.65. The Balaban J connectivity index is 1.79. The summed E-state index contributed by atoms with van der Waals surface area (Å²) in [7, 11) is 1.75. The van der Waals surface area contributed by atoms with E-state index in [1.54, 1.807) is 11.9 Å². The van der Waals surface area contributed by atoms with E-state index in [1.165, 1.54) is 0 Å². The molecule has 2 aliphatic rings. The number of nitrogens with zero attached hydrogens (tertiary/aromatic N) is 2. The third-order valence-corrected chi connectivity index (χ3v) is 5.92. The Morgan fingerprint density at radius 3 is 2.36 bits per heavy atom. The highest BCUT2D eigenvalue weighted by Gasteiger charge is 2.33. The summed E-state index contributed by atoms with van der Waals surface area (Å²) in [4.78, 5) is 16.6. The van der Waals surface area contributed by atoms with Crippen LogP contribution in [0.15, 0.2) is 77.4 Å². The molecule has 1 atom stereocenters. The minimum absolute atomic E-state index is 0.392. The highest BCUT2D eigenvalue weighted by molar-refractivity contribution is 9.10. The van der Waals surface area contributed by atoms with Crippen molar-refractivity contribution in [3.05, 3.63) is 88.5 Å². The zero-order chi connectivity index (χ0) is 19.3. The largest absolute Gasteiger partial charge is 0.420 e. The average Bonchev–Trinajstić information content (AvgIpc) is 2.77. The summed E-state index contributed by atoms with van der Waals surface area (Å²) >= 11 is 3.61. The van der Waals surface area contributed by atoms with Gasteiger partial charge in [0, 0.05) is 34.4 Å². The van der Waals surface area contributed by atoms with Crippen molar-refractivity contribution in [3.8, 4) is 11.1 Å². The van der Waals surface area contributed by atoms with E-state index in [9.17, 15) is 4.79 Å². The highest BCUT2D eigenvalue weighted by atomic mass is 79.9. The lowest BCUT2D eigenvalue weighted by Gasteiger charge is -2.35. The number of halogens is 1. The molecule has 0 aliphatic carbocycles. The predicted molar refractivity (Wildman–Crippen MR) is 115 cm³/mol. The number of anilines is 2. The van der Waals surface area contributed by atoms with Gasteiger partial charge in [-0.25, -0.2) is 4.79 Å². The van der Waals surface area contributed by atoms with Gasteiger partial charge in [-0.2, -0.15) is 0 Å². The van der Waals surface area contributed by atoms with Crippen LogP contribution >= 0.6 is 15.9 Å². The normalized spacial score (nSPS) is 17.4. The van der Waals surface area contributed by atoms with Gasteiger partial charge in [0.2, 0.25) is 6.23 Å². The quantitative estimate of drug-likeness (QED) is 0.424. The molecule has 0 spiro atoms. The Kier molecular flexibility index (Phi) is 3.98. The monoisotopic (exact) mass is 432 g/mol. The minimum Gasteiger partial charge on any atom is -0.420 e. The van der Waals surface area contributed by atoms with E-state index < -0.39 is 12.3 Å². The van der Waals surface area contributed by atoms with E-state index in [1.807, 2.05) is 71.8 Å². The van der Waals surface area contributed by atoms with Crippen LogP contribution in [0.3, 0.4) is 0 Å². The molecule has 4 nitrogen and oxygen atoms in total. The maximum absolute atomic E-state index is 13.0. The second kappa shape index (κ2) is 6.53. The number of carbonyl (C=O) groups excluding carboxylic acids is 1. The SMILES string of the molecule is CN1C(=O)O[C@H]2c3cccc(Br)c3C=CN2c2ccccc2-c2ccccc21. The number of fused-ring (bicyclic) bond motifs is 7. The zero-order valence-corrected chi connectivity index (χ0v) is 16.8. The van der Waals surface area contributed by atoms with Crippen molar-refractivity contribution < 1.29 is 9.53 Å². The molecule has 0 radical (unpaired) electrons. The molecule has 0 unspecified atom stereocenters. The van der Waals surface area contributed by atoms with E-state index in [0.717, 1.165) is 38.1 Å². The third-order valence-electron chi connectivity index (χ3n) is 5.23. The van der Waals surface area contributed by atoms with Gasteiger partial charge in [-0.05, 0) is 29.8 Å². The maximum Gasteiger partial charge on any atom is 0.416 e. The molecule has 0 bridgehead atoms. The van der Waals surface area contributed by atoms with Gasteiger partial charge in [-0.1, -0.05) is 64.5 Å². The molecule has 1 amide bonds. The first-order valence-corrected chi connectivity index (χ1v) is 9.82. The van der Waals surface area contributed by atoms with Crippen LogP contribution in [0, 0.1) is 0 Å². The smallest absolute Gasteiger partial charge is 0.416 e. The lowest BCUT2D eigenvalue weighted by Crippen LogP contribution is -2.35. The van der Waals surface area contributed by atoms with Crippen molar-refractivity contribution in [1.29, 1.82) is 0 Å². The summed E-state index contributed by atoms with van der Waals surface area (Å²) < 4.78 is 7.00. The molecular weight excluding hydrogens is 416 g/mol. The number of rotatable bonds is 0. The predicted octanol–water partition coefficient (Wildman–Crippen LogP) is 6.19. The Morgan fingerprint density at radius 2 is 1.57 bits per heavy atom. The summed E-state index contributed by atoms with van der Waals surface area (Å²) in [6.07, 6.45) is 3.09. The number of ether oxygens (including phenoxy) is 1.